The summed E-state index contributed by atoms with van der Waals surface area (Å²) in [5, 5.41) is 15.1. The highest BCUT2D eigenvalue weighted by Crippen LogP contribution is 2.52. The Hall–Kier alpha value is -3.04. The Kier molecular flexibility index (Phi) is 7.29. The first-order chi connectivity index (χ1) is 19.4. The summed E-state index contributed by atoms with van der Waals surface area (Å²) in [7, 11) is 1.47. The molecule has 0 aromatic heterocycles. The van der Waals surface area contributed by atoms with Crippen LogP contribution in [0.2, 0.25) is 5.02 Å². The highest BCUT2D eigenvalue weighted by Gasteiger charge is 2.50. The van der Waals surface area contributed by atoms with Gasteiger partial charge in [-0.25, -0.2) is 8.78 Å². The highest BCUT2D eigenvalue weighted by molar-refractivity contribution is 6.34. The molecule has 1 fully saturated rings. The third-order valence-corrected chi connectivity index (χ3v) is 8.78. The minimum atomic E-state index is -0.852. The van der Waals surface area contributed by atoms with Crippen LogP contribution in [0.4, 0.5) is 8.78 Å². The molecule has 0 radical (unpaired) electrons. The summed E-state index contributed by atoms with van der Waals surface area (Å²) in [6.45, 7) is 0.821. The molecule has 3 N–H and O–H groups in total. The number of carbonyl (C=O) groups is 1. The van der Waals surface area contributed by atoms with Gasteiger partial charge in [0.15, 0.2) is 5.60 Å². The maximum Gasteiger partial charge on any atom is 0.251 e. The molecule has 40 heavy (non-hydrogen) atoms. The van der Waals surface area contributed by atoms with E-state index in [0.29, 0.717) is 35.3 Å². The van der Waals surface area contributed by atoms with E-state index in [1.54, 1.807) is 6.07 Å². The van der Waals surface area contributed by atoms with Crippen LogP contribution in [0, 0.1) is 11.6 Å². The smallest absolute Gasteiger partial charge is 0.251 e. The third kappa shape index (κ3) is 4.38. The first-order valence-electron chi connectivity index (χ1n) is 13.7. The number of aliphatic hydroxyl groups is 1. The van der Waals surface area contributed by atoms with Gasteiger partial charge in [-0.15, -0.1) is 0 Å². The maximum atomic E-state index is 16.6. The summed E-state index contributed by atoms with van der Waals surface area (Å²) < 4.78 is 44.4. The summed E-state index contributed by atoms with van der Waals surface area (Å²) in [6.07, 6.45) is 2.50. The largest absolute Gasteiger partial charge is 0.480 e. The van der Waals surface area contributed by atoms with Crippen molar-refractivity contribution in [2.24, 2.45) is 0 Å². The van der Waals surface area contributed by atoms with E-state index in [9.17, 15) is 9.90 Å². The van der Waals surface area contributed by atoms with Crippen molar-refractivity contribution < 1.29 is 28.2 Å². The van der Waals surface area contributed by atoms with Gasteiger partial charge in [-0.1, -0.05) is 41.9 Å². The van der Waals surface area contributed by atoms with E-state index < -0.39 is 23.1 Å². The average molecular weight is 569 g/mol. The van der Waals surface area contributed by atoms with Crippen molar-refractivity contribution in [2.75, 3.05) is 26.8 Å². The van der Waals surface area contributed by atoms with Gasteiger partial charge in [-0.2, -0.15) is 0 Å². The zero-order valence-corrected chi connectivity index (χ0v) is 22.9. The molecule has 2 aliphatic heterocycles. The molecule has 3 aromatic rings. The zero-order chi connectivity index (χ0) is 28.0. The van der Waals surface area contributed by atoms with Gasteiger partial charge < -0.3 is 25.2 Å². The van der Waals surface area contributed by atoms with Crippen molar-refractivity contribution in [1.29, 1.82) is 0 Å². The van der Waals surface area contributed by atoms with Crippen LogP contribution in [0.5, 0.6) is 5.75 Å². The summed E-state index contributed by atoms with van der Waals surface area (Å²) in [5.74, 6) is -1.57. The van der Waals surface area contributed by atoms with E-state index in [-0.39, 0.29) is 53.5 Å². The first-order valence-corrected chi connectivity index (χ1v) is 14.0. The Labute approximate surface area is 236 Å². The number of hydrogen-bond acceptors (Lipinski definition) is 5. The molecule has 2 heterocycles. The van der Waals surface area contributed by atoms with Gasteiger partial charge in [0, 0.05) is 42.6 Å². The molecule has 3 aromatic carbocycles. The SMILES string of the molecule is CNC(=O)c1cc2c(c(F)c1-c1c(Cl)c(F)cc3c1C[C@](c1ccccc1)([C@@H]1CCCN1)O3)C[C@H](OCCO)C2. The van der Waals surface area contributed by atoms with E-state index in [2.05, 4.69) is 10.6 Å². The van der Waals surface area contributed by atoms with Gasteiger partial charge in [0.2, 0.25) is 0 Å². The van der Waals surface area contributed by atoms with Crippen LogP contribution in [0.25, 0.3) is 11.1 Å². The number of nitrogens with one attached hydrogen (secondary N) is 2. The second-order valence-electron chi connectivity index (χ2n) is 10.7. The first kappa shape index (κ1) is 27.1. The van der Waals surface area contributed by atoms with E-state index in [1.165, 1.54) is 13.1 Å². The van der Waals surface area contributed by atoms with Gasteiger partial charge in [-0.3, -0.25) is 4.79 Å². The molecule has 1 amide bonds. The fourth-order valence-corrected chi connectivity index (χ4v) is 6.87. The molecule has 0 saturated carbocycles. The number of halogens is 3. The van der Waals surface area contributed by atoms with Crippen molar-refractivity contribution in [3.05, 3.63) is 86.9 Å². The number of amides is 1. The number of fused-ring (bicyclic) bond motifs is 2. The van der Waals surface area contributed by atoms with Crippen LogP contribution >= 0.6 is 11.6 Å². The van der Waals surface area contributed by atoms with E-state index in [0.717, 1.165) is 24.9 Å². The Morgan fingerprint density at radius 2 is 2.00 bits per heavy atom. The van der Waals surface area contributed by atoms with Crippen LogP contribution in [-0.4, -0.2) is 50.0 Å². The number of aliphatic hydroxyl groups excluding tert-OH is 1. The van der Waals surface area contributed by atoms with Gasteiger partial charge >= 0.3 is 0 Å². The van der Waals surface area contributed by atoms with E-state index >= 15 is 8.78 Å². The Bertz CT molecular complexity index is 1460. The van der Waals surface area contributed by atoms with E-state index in [4.69, 9.17) is 21.1 Å². The fraction of sp³-hybridized carbons (Fsp3) is 0.387. The summed E-state index contributed by atoms with van der Waals surface area (Å²) in [5.41, 5.74) is 1.89. The minimum Gasteiger partial charge on any atom is -0.480 e. The second-order valence-corrected chi connectivity index (χ2v) is 11.0. The van der Waals surface area contributed by atoms with Crippen LogP contribution in [0.3, 0.4) is 0 Å². The average Bonchev–Trinajstić information content (AvgIpc) is 3.72. The predicted molar refractivity (Wildman–Crippen MR) is 148 cm³/mol. The van der Waals surface area contributed by atoms with Gasteiger partial charge in [0.25, 0.3) is 5.91 Å². The second kappa shape index (κ2) is 10.7. The molecule has 210 valence electrons. The Balaban J connectivity index is 1.54. The van der Waals surface area contributed by atoms with Gasteiger partial charge in [0.1, 0.15) is 17.4 Å². The molecule has 3 atom stereocenters. The molecular weight excluding hydrogens is 538 g/mol. The molecular formula is C31H31ClF2N2O4. The quantitative estimate of drug-likeness (QED) is 0.385. The molecule has 1 aliphatic carbocycles. The molecule has 6 nitrogen and oxygen atoms in total. The number of rotatable bonds is 7. The molecule has 6 rings (SSSR count). The summed E-state index contributed by atoms with van der Waals surface area (Å²) >= 11 is 6.65. The topological polar surface area (TPSA) is 79.8 Å². The zero-order valence-electron chi connectivity index (χ0n) is 22.2. The third-order valence-electron chi connectivity index (χ3n) is 8.41. The predicted octanol–water partition coefficient (Wildman–Crippen LogP) is 4.70. The van der Waals surface area contributed by atoms with Crippen molar-refractivity contribution in [3.63, 3.8) is 0 Å². The number of ether oxygens (including phenoxy) is 2. The monoisotopic (exact) mass is 568 g/mol. The van der Waals surface area contributed by atoms with Crippen molar-refractivity contribution in [2.45, 2.75) is 49.9 Å². The summed E-state index contributed by atoms with van der Waals surface area (Å²) in [4.78, 5) is 13.1. The lowest BCUT2D eigenvalue weighted by molar-refractivity contribution is 0.0347. The lowest BCUT2D eigenvalue weighted by atomic mass is 9.80. The lowest BCUT2D eigenvalue weighted by Gasteiger charge is -2.35. The number of benzene rings is 3. The summed E-state index contributed by atoms with van der Waals surface area (Å²) in [6, 6.07) is 12.6. The Morgan fingerprint density at radius 3 is 2.70 bits per heavy atom. The molecule has 0 bridgehead atoms. The van der Waals surface area contributed by atoms with E-state index in [1.807, 2.05) is 30.3 Å². The number of carbonyl (C=O) groups excluding carboxylic acids is 1. The van der Waals surface area contributed by atoms with Crippen LogP contribution in [0.1, 0.15) is 45.5 Å². The van der Waals surface area contributed by atoms with Gasteiger partial charge in [-0.05, 0) is 48.6 Å². The van der Waals surface area contributed by atoms with Crippen LogP contribution < -0.4 is 15.4 Å². The fourth-order valence-electron chi connectivity index (χ4n) is 6.61. The molecule has 1 saturated heterocycles. The van der Waals surface area contributed by atoms with Gasteiger partial charge in [0.05, 0.1) is 35.9 Å². The molecule has 0 unspecified atom stereocenters. The van der Waals surface area contributed by atoms with Crippen molar-refractivity contribution in [1.82, 2.24) is 10.6 Å². The van der Waals surface area contributed by atoms with Crippen molar-refractivity contribution in [3.8, 4) is 16.9 Å². The standard InChI is InChI=1S/C31H31ClF2N2O4/c1-35-30(38)21-13-17-12-19(39-11-10-37)14-20(17)29(34)27(21)26-22-16-31(25-8-5-9-36-25,18-6-3-2-4-7-18)40-24(22)15-23(33)28(26)32/h2-4,6-7,13,15,19,25,36-37H,5,8-12,14,16H2,1H3,(H,35,38)/t19-,25+,31+/m1/s1. The molecule has 3 aliphatic rings. The Morgan fingerprint density at radius 1 is 1.20 bits per heavy atom. The molecule has 9 heteroatoms. The van der Waals surface area contributed by atoms with Crippen LogP contribution in [-0.2, 0) is 29.6 Å². The normalized spacial score (nSPS) is 23.1. The maximum absolute atomic E-state index is 16.6. The minimum absolute atomic E-state index is 0.0338. The van der Waals surface area contributed by atoms with Crippen molar-refractivity contribution >= 4 is 17.5 Å². The number of hydrogen-bond donors (Lipinski definition) is 3. The highest BCUT2D eigenvalue weighted by atomic mass is 35.5. The van der Waals surface area contributed by atoms with Crippen LogP contribution in [0.15, 0.2) is 42.5 Å². The molecule has 0 spiro atoms. The lowest BCUT2D eigenvalue weighted by Crippen LogP contribution is -2.48.